The number of aromatic nitrogens is 4. The molecule has 0 unspecified atom stereocenters. The van der Waals surface area contributed by atoms with Gasteiger partial charge in [-0.1, -0.05) is 0 Å². The molecule has 2 rings (SSSR count). The zero-order valence-corrected chi connectivity index (χ0v) is 7.62. The summed E-state index contributed by atoms with van der Waals surface area (Å²) in [6.07, 6.45) is 5.02. The van der Waals surface area contributed by atoms with Gasteiger partial charge in [0.05, 0.1) is 18.1 Å². The topological polar surface area (TPSA) is 54.5 Å². The maximum absolute atomic E-state index is 3.85. The molecule has 2 aromatic rings. The minimum absolute atomic E-state index is 0.904. The van der Waals surface area contributed by atoms with E-state index in [1.165, 1.54) is 0 Å². The lowest BCUT2D eigenvalue weighted by Gasteiger charge is -1.97. The highest BCUT2D eigenvalue weighted by molar-refractivity contribution is 9.10. The van der Waals surface area contributed by atoms with Crippen molar-refractivity contribution in [2.45, 2.75) is 0 Å². The molecule has 12 heavy (non-hydrogen) atoms. The molecule has 5 heteroatoms. The number of halogens is 1. The van der Waals surface area contributed by atoms with Crippen LogP contribution in [0.2, 0.25) is 0 Å². The van der Waals surface area contributed by atoms with Crippen molar-refractivity contribution in [2.75, 3.05) is 0 Å². The average molecular weight is 225 g/mol. The molecule has 4 nitrogen and oxygen atoms in total. The Morgan fingerprint density at radius 1 is 1.25 bits per heavy atom. The van der Waals surface area contributed by atoms with Gasteiger partial charge < -0.3 is 0 Å². The van der Waals surface area contributed by atoms with Crippen LogP contribution in [0.3, 0.4) is 0 Å². The van der Waals surface area contributed by atoms with Crippen LogP contribution >= 0.6 is 15.9 Å². The van der Waals surface area contributed by atoms with E-state index >= 15 is 0 Å². The Bertz CT molecular complexity index is 371. The standard InChI is InChI=1S/C7H5BrN4/c8-6-4-11-10-3-5(6)7-1-2-9-12-7/h1-4H,(H,9,12). The van der Waals surface area contributed by atoms with E-state index in [1.54, 1.807) is 18.6 Å². The monoisotopic (exact) mass is 224 g/mol. The Kier molecular flexibility index (Phi) is 1.87. The van der Waals surface area contributed by atoms with Crippen molar-refractivity contribution in [1.29, 1.82) is 0 Å². The lowest BCUT2D eigenvalue weighted by molar-refractivity contribution is 1.02. The lowest BCUT2D eigenvalue weighted by atomic mass is 10.2. The molecule has 0 radical (unpaired) electrons. The number of aromatic amines is 1. The van der Waals surface area contributed by atoms with Gasteiger partial charge in [-0.05, 0) is 22.0 Å². The SMILES string of the molecule is Brc1cnncc1-c1ccn[nH]1. The molecule has 0 saturated carbocycles. The summed E-state index contributed by atoms with van der Waals surface area (Å²) in [4.78, 5) is 0. The van der Waals surface area contributed by atoms with Crippen LogP contribution in [0.1, 0.15) is 0 Å². The molecule has 2 heterocycles. The first-order valence-electron chi connectivity index (χ1n) is 3.34. The Hall–Kier alpha value is -1.23. The van der Waals surface area contributed by atoms with Crippen LogP contribution in [0.4, 0.5) is 0 Å². The summed E-state index contributed by atoms with van der Waals surface area (Å²) in [6.45, 7) is 0. The number of hydrogen-bond donors (Lipinski definition) is 1. The summed E-state index contributed by atoms with van der Waals surface area (Å²) in [5, 5.41) is 14.2. The third kappa shape index (κ3) is 1.23. The molecule has 0 atom stereocenters. The Morgan fingerprint density at radius 2 is 2.08 bits per heavy atom. The summed E-state index contributed by atoms with van der Waals surface area (Å²) in [6, 6.07) is 1.88. The molecular formula is C7H5BrN4. The number of rotatable bonds is 1. The van der Waals surface area contributed by atoms with E-state index in [9.17, 15) is 0 Å². The van der Waals surface area contributed by atoms with Gasteiger partial charge in [0, 0.05) is 16.2 Å². The summed E-state index contributed by atoms with van der Waals surface area (Å²) in [7, 11) is 0. The van der Waals surface area contributed by atoms with Crippen molar-refractivity contribution < 1.29 is 0 Å². The Labute approximate surface area is 77.2 Å². The van der Waals surface area contributed by atoms with E-state index in [1.807, 2.05) is 6.07 Å². The smallest absolute Gasteiger partial charge is 0.0678 e. The molecule has 0 aliphatic carbocycles. The van der Waals surface area contributed by atoms with Gasteiger partial charge in [-0.15, -0.1) is 0 Å². The number of nitrogens with one attached hydrogen (secondary N) is 1. The van der Waals surface area contributed by atoms with Gasteiger partial charge in [0.25, 0.3) is 0 Å². The molecule has 0 amide bonds. The molecule has 0 bridgehead atoms. The number of hydrogen-bond acceptors (Lipinski definition) is 3. The predicted octanol–water partition coefficient (Wildman–Crippen LogP) is 1.63. The van der Waals surface area contributed by atoms with Crippen LogP contribution in [-0.4, -0.2) is 20.4 Å². The second-order valence-electron chi connectivity index (χ2n) is 2.22. The largest absolute Gasteiger partial charge is 0.278 e. The van der Waals surface area contributed by atoms with Crippen molar-refractivity contribution in [3.8, 4) is 11.3 Å². The molecule has 2 aromatic heterocycles. The van der Waals surface area contributed by atoms with Gasteiger partial charge in [-0.25, -0.2) is 0 Å². The van der Waals surface area contributed by atoms with Gasteiger partial charge in [0.2, 0.25) is 0 Å². The van der Waals surface area contributed by atoms with Crippen molar-refractivity contribution in [3.05, 3.63) is 29.1 Å². The molecule has 0 spiro atoms. The molecule has 1 N–H and O–H groups in total. The first-order valence-corrected chi connectivity index (χ1v) is 4.13. The van der Waals surface area contributed by atoms with E-state index in [0.717, 1.165) is 15.7 Å². The van der Waals surface area contributed by atoms with Gasteiger partial charge in [-0.3, -0.25) is 5.10 Å². The maximum Gasteiger partial charge on any atom is 0.0678 e. The number of nitrogens with zero attached hydrogens (tertiary/aromatic N) is 3. The fourth-order valence-electron chi connectivity index (χ4n) is 0.910. The van der Waals surface area contributed by atoms with Crippen molar-refractivity contribution in [1.82, 2.24) is 20.4 Å². The van der Waals surface area contributed by atoms with E-state index in [0.29, 0.717) is 0 Å². The quantitative estimate of drug-likeness (QED) is 0.802. The van der Waals surface area contributed by atoms with Gasteiger partial charge in [-0.2, -0.15) is 15.3 Å². The fraction of sp³-hybridized carbons (Fsp3) is 0. The molecule has 0 saturated heterocycles. The highest BCUT2D eigenvalue weighted by Crippen LogP contribution is 2.23. The Morgan fingerprint density at radius 3 is 2.75 bits per heavy atom. The van der Waals surface area contributed by atoms with E-state index < -0.39 is 0 Å². The first-order chi connectivity index (χ1) is 5.88. The summed E-state index contributed by atoms with van der Waals surface area (Å²) >= 11 is 3.37. The van der Waals surface area contributed by atoms with Crippen molar-refractivity contribution in [2.24, 2.45) is 0 Å². The van der Waals surface area contributed by atoms with Crippen LogP contribution in [0.25, 0.3) is 11.3 Å². The summed E-state index contributed by atoms with van der Waals surface area (Å²) in [5.41, 5.74) is 1.89. The van der Waals surface area contributed by atoms with Crippen LogP contribution in [0.15, 0.2) is 29.1 Å². The van der Waals surface area contributed by atoms with Crippen LogP contribution < -0.4 is 0 Å². The minimum atomic E-state index is 0.904. The van der Waals surface area contributed by atoms with Crippen LogP contribution in [0, 0.1) is 0 Å². The van der Waals surface area contributed by atoms with E-state index in [4.69, 9.17) is 0 Å². The van der Waals surface area contributed by atoms with Gasteiger partial charge in [0.1, 0.15) is 0 Å². The normalized spacial score (nSPS) is 10.1. The maximum atomic E-state index is 3.85. The zero-order valence-electron chi connectivity index (χ0n) is 6.03. The summed E-state index contributed by atoms with van der Waals surface area (Å²) < 4.78 is 0.904. The van der Waals surface area contributed by atoms with Gasteiger partial charge >= 0.3 is 0 Å². The lowest BCUT2D eigenvalue weighted by Crippen LogP contribution is -1.84. The second-order valence-corrected chi connectivity index (χ2v) is 3.08. The highest BCUT2D eigenvalue weighted by atomic mass is 79.9. The van der Waals surface area contributed by atoms with E-state index in [2.05, 4.69) is 36.3 Å². The Balaban J connectivity index is 2.55. The van der Waals surface area contributed by atoms with Gasteiger partial charge in [0.15, 0.2) is 0 Å². The second kappa shape index (κ2) is 3.02. The fourth-order valence-corrected chi connectivity index (χ4v) is 1.32. The first kappa shape index (κ1) is 7.42. The molecule has 0 aromatic carbocycles. The van der Waals surface area contributed by atoms with Crippen molar-refractivity contribution >= 4 is 15.9 Å². The highest BCUT2D eigenvalue weighted by Gasteiger charge is 2.03. The molecular weight excluding hydrogens is 220 g/mol. The van der Waals surface area contributed by atoms with Crippen LogP contribution in [0.5, 0.6) is 0 Å². The average Bonchev–Trinajstić information content (AvgIpc) is 2.57. The third-order valence-electron chi connectivity index (χ3n) is 1.47. The molecule has 0 aliphatic rings. The van der Waals surface area contributed by atoms with Crippen LogP contribution in [-0.2, 0) is 0 Å². The molecule has 0 aliphatic heterocycles. The zero-order chi connectivity index (χ0) is 8.39. The number of H-pyrrole nitrogens is 1. The van der Waals surface area contributed by atoms with E-state index in [-0.39, 0.29) is 0 Å². The molecule has 60 valence electrons. The third-order valence-corrected chi connectivity index (χ3v) is 2.10. The van der Waals surface area contributed by atoms with Crippen molar-refractivity contribution in [3.63, 3.8) is 0 Å². The summed E-state index contributed by atoms with van der Waals surface area (Å²) in [5.74, 6) is 0. The minimum Gasteiger partial charge on any atom is -0.278 e. The predicted molar refractivity (Wildman–Crippen MR) is 47.3 cm³/mol. The molecule has 0 fully saturated rings.